The van der Waals surface area contributed by atoms with Crippen molar-refractivity contribution in [3.63, 3.8) is 0 Å². The average Bonchev–Trinajstić information content (AvgIpc) is 3.02. The Hall–Kier alpha value is -2.94. The van der Waals surface area contributed by atoms with E-state index in [1.54, 1.807) is 38.2 Å². The number of ether oxygens (including phenoxy) is 1. The second-order valence-electron chi connectivity index (χ2n) is 5.74. The summed E-state index contributed by atoms with van der Waals surface area (Å²) in [5.41, 5.74) is 2.58. The maximum Gasteiger partial charge on any atom is 0.306 e. The van der Waals surface area contributed by atoms with E-state index in [1.165, 1.54) is 18.9 Å². The quantitative estimate of drug-likeness (QED) is 0.508. The van der Waals surface area contributed by atoms with Crippen LogP contribution in [0.1, 0.15) is 28.2 Å². The fraction of sp³-hybridized carbons (Fsp3) is 0.278. The van der Waals surface area contributed by atoms with Crippen molar-refractivity contribution in [2.75, 3.05) is 18.2 Å². The number of hydrogen-bond donors (Lipinski definition) is 1. The van der Waals surface area contributed by atoms with Crippen molar-refractivity contribution in [2.24, 2.45) is 0 Å². The van der Waals surface area contributed by atoms with Crippen LogP contribution < -0.4 is 5.32 Å². The van der Waals surface area contributed by atoms with Crippen molar-refractivity contribution in [2.45, 2.75) is 25.3 Å². The van der Waals surface area contributed by atoms with Gasteiger partial charge in [0.15, 0.2) is 0 Å². The van der Waals surface area contributed by atoms with E-state index in [0.717, 1.165) is 0 Å². The van der Waals surface area contributed by atoms with Gasteiger partial charge in [-0.25, -0.2) is 9.97 Å². The minimum Gasteiger partial charge on any atom is -0.469 e. The molecule has 3 heterocycles. The van der Waals surface area contributed by atoms with E-state index in [9.17, 15) is 9.59 Å². The zero-order valence-electron chi connectivity index (χ0n) is 15.1. The Kier molecular flexibility index (Phi) is 5.70. The van der Waals surface area contributed by atoms with Crippen LogP contribution in [-0.2, 0) is 9.53 Å². The lowest BCUT2D eigenvalue weighted by molar-refractivity contribution is -0.140. The molecule has 0 spiro atoms. The smallest absolute Gasteiger partial charge is 0.306 e. The van der Waals surface area contributed by atoms with Crippen LogP contribution in [0.5, 0.6) is 0 Å². The normalized spacial score (nSPS) is 10.8. The molecule has 9 heteroatoms. The highest BCUT2D eigenvalue weighted by atomic mass is 32.2. The molecule has 3 rings (SSSR count). The van der Waals surface area contributed by atoms with Gasteiger partial charge in [0, 0.05) is 17.6 Å². The summed E-state index contributed by atoms with van der Waals surface area (Å²) in [6.45, 7) is 3.55. The largest absolute Gasteiger partial charge is 0.469 e. The average molecular weight is 386 g/mol. The molecule has 3 aromatic heterocycles. The number of anilines is 1. The van der Waals surface area contributed by atoms with E-state index in [2.05, 4.69) is 25.2 Å². The Balaban J connectivity index is 1.83. The molecular formula is C18H18N4O4S. The van der Waals surface area contributed by atoms with Gasteiger partial charge in [0.25, 0.3) is 11.6 Å². The van der Waals surface area contributed by atoms with Crippen molar-refractivity contribution >= 4 is 40.4 Å². The third-order valence-electron chi connectivity index (χ3n) is 3.78. The molecule has 0 saturated carbocycles. The molecule has 1 N–H and O–H groups in total. The summed E-state index contributed by atoms with van der Waals surface area (Å²) in [6.07, 6.45) is 1.89. The summed E-state index contributed by atoms with van der Waals surface area (Å²) >= 11 is 1.37. The minimum absolute atomic E-state index is 0.259. The van der Waals surface area contributed by atoms with Gasteiger partial charge in [-0.05, 0) is 32.0 Å². The molecule has 140 valence electrons. The van der Waals surface area contributed by atoms with Gasteiger partial charge in [0.05, 0.1) is 35.9 Å². The number of hydrogen-bond acceptors (Lipinski definition) is 8. The second kappa shape index (κ2) is 8.17. The van der Waals surface area contributed by atoms with Crippen LogP contribution in [0, 0.1) is 13.8 Å². The SMILES string of the molecule is COC(=O)CCSc1ncccc1NC(=O)c1cc(C)nc2onc(C)c12. The van der Waals surface area contributed by atoms with Gasteiger partial charge in [0.2, 0.25) is 0 Å². The van der Waals surface area contributed by atoms with Crippen LogP contribution in [0.2, 0.25) is 0 Å². The molecular weight excluding hydrogens is 368 g/mol. The van der Waals surface area contributed by atoms with Gasteiger partial charge >= 0.3 is 5.97 Å². The molecule has 0 aliphatic carbocycles. The predicted octanol–water partition coefficient (Wildman–Crippen LogP) is 3.14. The fourth-order valence-corrected chi connectivity index (χ4v) is 3.39. The van der Waals surface area contributed by atoms with E-state index < -0.39 is 0 Å². The van der Waals surface area contributed by atoms with Gasteiger partial charge in [0.1, 0.15) is 5.03 Å². The van der Waals surface area contributed by atoms with Crippen molar-refractivity contribution in [1.82, 2.24) is 15.1 Å². The fourth-order valence-electron chi connectivity index (χ4n) is 2.52. The first kappa shape index (κ1) is 18.8. The molecule has 0 atom stereocenters. The Morgan fingerprint density at radius 1 is 1.33 bits per heavy atom. The zero-order chi connectivity index (χ0) is 19.4. The molecule has 8 nitrogen and oxygen atoms in total. The van der Waals surface area contributed by atoms with Gasteiger partial charge in [-0.2, -0.15) is 0 Å². The zero-order valence-corrected chi connectivity index (χ0v) is 15.9. The lowest BCUT2D eigenvalue weighted by Crippen LogP contribution is -2.14. The number of methoxy groups -OCH3 is 1. The number of thioether (sulfide) groups is 1. The molecule has 3 aromatic rings. The number of carbonyl (C=O) groups is 2. The monoisotopic (exact) mass is 386 g/mol. The lowest BCUT2D eigenvalue weighted by Gasteiger charge is -2.10. The van der Waals surface area contributed by atoms with Gasteiger partial charge in [-0.3, -0.25) is 9.59 Å². The standard InChI is InChI=1S/C18H18N4O4S/c1-10-9-12(15-11(2)22-26-17(15)20-10)16(24)21-13-5-4-7-19-18(13)27-8-6-14(23)25-3/h4-5,7,9H,6,8H2,1-3H3,(H,21,24). The van der Waals surface area contributed by atoms with Gasteiger partial charge in [-0.1, -0.05) is 5.16 Å². The summed E-state index contributed by atoms with van der Waals surface area (Å²) in [5, 5.41) is 7.98. The molecule has 1 amide bonds. The van der Waals surface area contributed by atoms with E-state index in [1.807, 2.05) is 0 Å². The summed E-state index contributed by atoms with van der Waals surface area (Å²) < 4.78 is 9.81. The molecule has 0 aromatic carbocycles. The van der Waals surface area contributed by atoms with Crippen LogP contribution in [0.25, 0.3) is 11.1 Å². The number of aromatic nitrogens is 3. The van der Waals surface area contributed by atoms with Crippen LogP contribution in [0.3, 0.4) is 0 Å². The van der Waals surface area contributed by atoms with Crippen molar-refractivity contribution in [1.29, 1.82) is 0 Å². The third kappa shape index (κ3) is 4.25. The first-order valence-corrected chi connectivity index (χ1v) is 9.17. The number of fused-ring (bicyclic) bond motifs is 1. The number of carbonyl (C=O) groups excluding carboxylic acids is 2. The summed E-state index contributed by atoms with van der Waals surface area (Å²) in [6, 6.07) is 5.19. The van der Waals surface area contributed by atoms with E-state index in [-0.39, 0.29) is 18.3 Å². The first-order valence-electron chi connectivity index (χ1n) is 8.19. The first-order chi connectivity index (χ1) is 13.0. The van der Waals surface area contributed by atoms with Gasteiger partial charge < -0.3 is 14.6 Å². The number of nitrogens with zero attached hydrogens (tertiary/aromatic N) is 3. The van der Waals surface area contributed by atoms with Crippen LogP contribution >= 0.6 is 11.8 Å². The number of amides is 1. The Morgan fingerprint density at radius 3 is 2.93 bits per heavy atom. The third-order valence-corrected chi connectivity index (χ3v) is 4.79. The van der Waals surface area contributed by atoms with Crippen molar-refractivity contribution < 1.29 is 18.8 Å². The topological polar surface area (TPSA) is 107 Å². The number of esters is 1. The number of aryl methyl sites for hydroxylation is 2. The summed E-state index contributed by atoms with van der Waals surface area (Å²) in [7, 11) is 1.35. The van der Waals surface area contributed by atoms with Crippen LogP contribution in [0.15, 0.2) is 33.9 Å². The molecule has 0 aliphatic rings. The van der Waals surface area contributed by atoms with Crippen molar-refractivity contribution in [3.05, 3.63) is 41.3 Å². The molecule has 27 heavy (non-hydrogen) atoms. The summed E-state index contributed by atoms with van der Waals surface area (Å²) in [4.78, 5) is 32.7. The maximum atomic E-state index is 12.9. The molecule has 0 radical (unpaired) electrons. The highest BCUT2D eigenvalue weighted by molar-refractivity contribution is 7.99. The lowest BCUT2D eigenvalue weighted by atomic mass is 10.1. The maximum absolute atomic E-state index is 12.9. The Morgan fingerprint density at radius 2 is 2.15 bits per heavy atom. The van der Waals surface area contributed by atoms with E-state index >= 15 is 0 Å². The molecule has 0 aliphatic heterocycles. The number of rotatable bonds is 6. The minimum atomic E-state index is -0.306. The van der Waals surface area contributed by atoms with Gasteiger partial charge in [-0.15, -0.1) is 11.8 Å². The molecule has 0 bridgehead atoms. The number of nitrogens with one attached hydrogen (secondary N) is 1. The van der Waals surface area contributed by atoms with Crippen LogP contribution in [-0.4, -0.2) is 39.9 Å². The highest BCUT2D eigenvalue weighted by Crippen LogP contribution is 2.27. The molecule has 0 unspecified atom stereocenters. The van der Waals surface area contributed by atoms with Crippen molar-refractivity contribution in [3.8, 4) is 0 Å². The molecule has 0 fully saturated rings. The Bertz CT molecular complexity index is 1000. The van der Waals surface area contributed by atoms with Crippen LogP contribution in [0.4, 0.5) is 5.69 Å². The highest BCUT2D eigenvalue weighted by Gasteiger charge is 2.19. The van der Waals surface area contributed by atoms with E-state index in [0.29, 0.717) is 44.5 Å². The predicted molar refractivity (Wildman–Crippen MR) is 101 cm³/mol. The molecule has 0 saturated heterocycles. The number of pyridine rings is 2. The second-order valence-corrected chi connectivity index (χ2v) is 6.83. The summed E-state index contributed by atoms with van der Waals surface area (Å²) in [5.74, 6) is -0.100. The Labute approximate surface area is 159 Å². The van der Waals surface area contributed by atoms with E-state index in [4.69, 9.17) is 4.52 Å².